The molecule has 17 heavy (non-hydrogen) atoms. The van der Waals surface area contributed by atoms with Gasteiger partial charge in [-0.25, -0.2) is 0 Å². The summed E-state index contributed by atoms with van der Waals surface area (Å²) in [5.74, 6) is -1.97. The van der Waals surface area contributed by atoms with Crippen molar-refractivity contribution >= 4 is 24.0 Å². The summed E-state index contributed by atoms with van der Waals surface area (Å²) < 4.78 is 0. The van der Waals surface area contributed by atoms with Crippen molar-refractivity contribution in [1.82, 2.24) is 5.32 Å². The minimum atomic E-state index is -1.11. The van der Waals surface area contributed by atoms with Crippen molar-refractivity contribution in [3.63, 3.8) is 0 Å². The molecule has 0 saturated heterocycles. The maximum absolute atomic E-state index is 11.4. The van der Waals surface area contributed by atoms with Crippen LogP contribution in [0.3, 0.4) is 0 Å². The van der Waals surface area contributed by atoms with Gasteiger partial charge in [0.1, 0.15) is 6.29 Å². The second kappa shape index (κ2) is 7.34. The van der Waals surface area contributed by atoms with Crippen molar-refractivity contribution in [3.8, 4) is 0 Å². The zero-order valence-electron chi connectivity index (χ0n) is 9.22. The molecule has 0 aliphatic heterocycles. The van der Waals surface area contributed by atoms with E-state index in [-0.39, 0.29) is 19.3 Å². The van der Waals surface area contributed by atoms with Gasteiger partial charge in [-0.05, 0) is 6.42 Å². The Bertz CT molecular complexity index is 318. The van der Waals surface area contributed by atoms with Gasteiger partial charge in [-0.3, -0.25) is 14.4 Å². The average molecular weight is 244 g/mol. The Morgan fingerprint density at radius 2 is 1.76 bits per heavy atom. The van der Waals surface area contributed by atoms with E-state index in [9.17, 15) is 19.2 Å². The van der Waals surface area contributed by atoms with Gasteiger partial charge in [-0.1, -0.05) is 0 Å². The van der Waals surface area contributed by atoms with Gasteiger partial charge < -0.3 is 27.3 Å². The highest BCUT2D eigenvalue weighted by molar-refractivity contribution is 5.89. The Labute approximate surface area is 97.9 Å². The molecular weight excluding hydrogens is 228 g/mol. The molecule has 8 nitrogen and oxygen atoms in total. The number of nitrogens with one attached hydrogen (secondary N) is 1. The number of hydrogen-bond donors (Lipinski definition) is 4. The van der Waals surface area contributed by atoms with Gasteiger partial charge in [-0.15, -0.1) is 0 Å². The standard InChI is InChI=1S/C9H16N4O4/c10-6(3-8(12)16)9(17)13-5(4-14)1-2-7(11)15/h4-6H,1-3,10H2,(H2,11,15)(H2,12,16)(H,13,17)/t5-,6-/m1/s1. The molecule has 0 fully saturated rings. The van der Waals surface area contributed by atoms with Gasteiger partial charge in [0.25, 0.3) is 0 Å². The fraction of sp³-hybridized carbons (Fsp3) is 0.556. The van der Waals surface area contributed by atoms with Crippen LogP contribution in [0.2, 0.25) is 0 Å². The van der Waals surface area contributed by atoms with Crippen molar-refractivity contribution in [1.29, 1.82) is 0 Å². The van der Waals surface area contributed by atoms with E-state index in [4.69, 9.17) is 17.2 Å². The molecule has 0 heterocycles. The second-order valence-corrected chi connectivity index (χ2v) is 3.53. The van der Waals surface area contributed by atoms with Gasteiger partial charge in [-0.2, -0.15) is 0 Å². The van der Waals surface area contributed by atoms with Crippen molar-refractivity contribution in [2.75, 3.05) is 0 Å². The topological polar surface area (TPSA) is 158 Å². The van der Waals surface area contributed by atoms with Crippen LogP contribution in [0.25, 0.3) is 0 Å². The number of carbonyl (C=O) groups excluding carboxylic acids is 4. The van der Waals surface area contributed by atoms with Gasteiger partial charge in [0.15, 0.2) is 0 Å². The molecule has 0 saturated carbocycles. The van der Waals surface area contributed by atoms with E-state index in [0.29, 0.717) is 6.29 Å². The Balaban J connectivity index is 4.17. The summed E-state index contributed by atoms with van der Waals surface area (Å²) in [6, 6.07) is -1.96. The molecule has 0 aliphatic rings. The fourth-order valence-corrected chi connectivity index (χ4v) is 1.07. The van der Waals surface area contributed by atoms with Crippen LogP contribution in [0, 0.1) is 0 Å². The summed E-state index contributed by atoms with van der Waals surface area (Å²) in [6.45, 7) is 0. The van der Waals surface area contributed by atoms with Crippen molar-refractivity contribution in [3.05, 3.63) is 0 Å². The van der Waals surface area contributed by atoms with E-state index in [2.05, 4.69) is 5.32 Å². The summed E-state index contributed by atoms with van der Waals surface area (Å²) in [5, 5.41) is 2.28. The van der Waals surface area contributed by atoms with Crippen LogP contribution in [0.4, 0.5) is 0 Å². The summed E-state index contributed by atoms with van der Waals surface area (Å²) in [5.41, 5.74) is 15.1. The van der Waals surface area contributed by atoms with Gasteiger partial charge >= 0.3 is 0 Å². The molecule has 0 aromatic carbocycles. The van der Waals surface area contributed by atoms with Crippen LogP contribution in [-0.2, 0) is 19.2 Å². The Kier molecular flexibility index (Phi) is 6.49. The van der Waals surface area contributed by atoms with Crippen LogP contribution in [0.15, 0.2) is 0 Å². The summed E-state index contributed by atoms with van der Waals surface area (Å²) in [7, 11) is 0. The molecule has 0 spiro atoms. The molecule has 0 radical (unpaired) electrons. The predicted octanol–water partition coefficient (Wildman–Crippen LogP) is -2.86. The lowest BCUT2D eigenvalue weighted by molar-refractivity contribution is -0.128. The highest BCUT2D eigenvalue weighted by Gasteiger charge is 2.19. The summed E-state index contributed by atoms with van der Waals surface area (Å²) in [4.78, 5) is 43.0. The molecule has 96 valence electrons. The van der Waals surface area contributed by atoms with E-state index >= 15 is 0 Å². The first-order chi connectivity index (χ1) is 7.86. The minimum absolute atomic E-state index is 0.0330. The SMILES string of the molecule is NC(=O)CC[C@H](C=O)NC(=O)[C@H](N)CC(N)=O. The fourth-order valence-electron chi connectivity index (χ4n) is 1.07. The van der Waals surface area contributed by atoms with Crippen molar-refractivity contribution in [2.45, 2.75) is 31.3 Å². The number of hydrogen-bond acceptors (Lipinski definition) is 5. The molecule has 0 unspecified atom stereocenters. The lowest BCUT2D eigenvalue weighted by Crippen LogP contribution is -2.47. The molecule has 3 amide bonds. The first-order valence-electron chi connectivity index (χ1n) is 4.94. The maximum atomic E-state index is 11.4. The molecule has 0 aromatic rings. The monoisotopic (exact) mass is 244 g/mol. The summed E-state index contributed by atoms with van der Waals surface area (Å²) >= 11 is 0. The van der Waals surface area contributed by atoms with E-state index in [1.54, 1.807) is 0 Å². The molecule has 8 heteroatoms. The zero-order valence-corrected chi connectivity index (χ0v) is 9.22. The quantitative estimate of drug-likeness (QED) is 0.337. The van der Waals surface area contributed by atoms with Crippen LogP contribution >= 0.6 is 0 Å². The highest BCUT2D eigenvalue weighted by Crippen LogP contribution is 1.96. The first-order valence-corrected chi connectivity index (χ1v) is 4.94. The minimum Gasteiger partial charge on any atom is -0.370 e. The van der Waals surface area contributed by atoms with Gasteiger partial charge in [0, 0.05) is 6.42 Å². The van der Waals surface area contributed by atoms with E-state index in [1.807, 2.05) is 0 Å². The maximum Gasteiger partial charge on any atom is 0.238 e. The molecule has 0 aliphatic carbocycles. The van der Waals surface area contributed by atoms with Crippen LogP contribution < -0.4 is 22.5 Å². The number of carbonyl (C=O) groups is 4. The van der Waals surface area contributed by atoms with Crippen LogP contribution in [0.1, 0.15) is 19.3 Å². The molecule has 0 rings (SSSR count). The lowest BCUT2D eigenvalue weighted by atomic mass is 10.1. The Hall–Kier alpha value is -1.96. The zero-order chi connectivity index (χ0) is 13.4. The molecule has 2 atom stereocenters. The predicted molar refractivity (Wildman–Crippen MR) is 58.2 cm³/mol. The first kappa shape index (κ1) is 15.0. The third-order valence-electron chi connectivity index (χ3n) is 1.95. The number of primary amides is 2. The third-order valence-corrected chi connectivity index (χ3v) is 1.95. The van der Waals surface area contributed by atoms with Crippen LogP contribution in [-0.4, -0.2) is 36.1 Å². The Morgan fingerprint density at radius 3 is 2.18 bits per heavy atom. The number of amides is 3. The highest BCUT2D eigenvalue weighted by atomic mass is 16.2. The van der Waals surface area contributed by atoms with Crippen LogP contribution in [0.5, 0.6) is 0 Å². The summed E-state index contributed by atoms with van der Waals surface area (Å²) in [6.07, 6.45) is 0.216. The largest absolute Gasteiger partial charge is 0.370 e. The lowest BCUT2D eigenvalue weighted by Gasteiger charge is -2.15. The Morgan fingerprint density at radius 1 is 1.18 bits per heavy atom. The van der Waals surface area contributed by atoms with Gasteiger partial charge in [0.05, 0.1) is 18.5 Å². The van der Waals surface area contributed by atoms with Crippen molar-refractivity contribution in [2.24, 2.45) is 17.2 Å². The smallest absolute Gasteiger partial charge is 0.238 e. The van der Waals surface area contributed by atoms with E-state index in [1.165, 1.54) is 0 Å². The second-order valence-electron chi connectivity index (χ2n) is 3.53. The number of nitrogens with two attached hydrogens (primary N) is 3. The van der Waals surface area contributed by atoms with Crippen molar-refractivity contribution < 1.29 is 19.2 Å². The molecule has 0 bridgehead atoms. The van der Waals surface area contributed by atoms with E-state index < -0.39 is 29.8 Å². The van der Waals surface area contributed by atoms with E-state index in [0.717, 1.165) is 0 Å². The molecule has 0 aromatic heterocycles. The van der Waals surface area contributed by atoms with Gasteiger partial charge in [0.2, 0.25) is 17.7 Å². The number of rotatable bonds is 8. The third kappa shape index (κ3) is 7.01. The molecule has 7 N–H and O–H groups in total. The number of aldehydes is 1. The average Bonchev–Trinajstić information content (AvgIpc) is 2.22. The molecular formula is C9H16N4O4. The normalized spacial score (nSPS) is 13.5.